The van der Waals surface area contributed by atoms with E-state index >= 15 is 0 Å². The van der Waals surface area contributed by atoms with Crippen molar-refractivity contribution in [3.05, 3.63) is 0 Å². The van der Waals surface area contributed by atoms with Crippen LogP contribution in [0.2, 0.25) is 6.82 Å². The maximum atomic E-state index is 11.4. The van der Waals surface area contributed by atoms with Crippen molar-refractivity contribution in [1.29, 1.82) is 0 Å². The molecule has 0 aromatic heterocycles. The summed E-state index contributed by atoms with van der Waals surface area (Å²) in [6.45, 7) is 5.61. The Morgan fingerprint density at radius 1 is 1.13 bits per heavy atom. The van der Waals surface area contributed by atoms with E-state index in [1.807, 2.05) is 28.0 Å². The van der Waals surface area contributed by atoms with Crippen LogP contribution >= 0.6 is 23.2 Å². The molecule has 23 heavy (non-hydrogen) atoms. The van der Waals surface area contributed by atoms with Crippen molar-refractivity contribution in [3.8, 4) is 0 Å². The van der Waals surface area contributed by atoms with Gasteiger partial charge in [0.2, 0.25) is 0 Å². The second-order valence-electron chi connectivity index (χ2n) is 5.25. The van der Waals surface area contributed by atoms with Crippen molar-refractivity contribution in [2.75, 3.05) is 6.61 Å². The van der Waals surface area contributed by atoms with Crippen LogP contribution in [-0.2, 0) is 27.0 Å². The average molecular weight is 393 g/mol. The fraction of sp³-hybridized carbons (Fsp3) is 0.889. The van der Waals surface area contributed by atoms with Crippen molar-refractivity contribution in [3.63, 3.8) is 0 Å². The Bertz CT molecular complexity index is 550. The Labute approximate surface area is 135 Å². The Morgan fingerprint density at radius 2 is 1.70 bits per heavy atom. The molecule has 6 atom stereocenters. The summed E-state index contributed by atoms with van der Waals surface area (Å²) in [5.74, 6) is 0.302. The van der Waals surface area contributed by atoms with E-state index < -0.39 is 29.3 Å². The van der Waals surface area contributed by atoms with Crippen LogP contribution in [0.4, 0.5) is 0 Å². The van der Waals surface area contributed by atoms with Crippen molar-refractivity contribution in [1.82, 2.24) is 0 Å². The van der Waals surface area contributed by atoms with Gasteiger partial charge in [-0.15, -0.1) is 0 Å². The molecule has 1 heterocycles. The summed E-state index contributed by atoms with van der Waals surface area (Å²) in [7, 11) is -12.7. The van der Waals surface area contributed by atoms with Crippen LogP contribution in [0, 0.1) is 11.8 Å². The zero-order valence-corrected chi connectivity index (χ0v) is 15.6. The minimum absolute atomic E-state index is 0.0855. The topological polar surface area (TPSA) is 152 Å². The molecule has 0 saturated carbocycles. The highest BCUT2D eigenvalue weighted by Crippen LogP contribution is 2.66. The molecule has 1 rings (SSSR count). The molecule has 1 fully saturated rings. The summed E-state index contributed by atoms with van der Waals surface area (Å²) in [5, 5.41) is 0. The summed E-state index contributed by atoms with van der Waals surface area (Å²) in [6, 6.07) is -0.0855. The standard InChI is InChI=1S/C9H21BO10P3/c1-6-7(2)9(10-3)18-8(6)5-17-21(4,11)19-23(15,16)20-22(12,13)14/h6-9,11H,4-5H2,1-3H3,(H,15,16)(H2,12,13,14). The predicted molar refractivity (Wildman–Crippen MR) is 84.9 cm³/mol. The van der Waals surface area contributed by atoms with Crippen LogP contribution in [0.1, 0.15) is 13.8 Å². The number of ether oxygens (including phenoxy) is 1. The molecular formula is C9H21BO10P3. The van der Waals surface area contributed by atoms with Gasteiger partial charge in [-0.05, 0) is 18.1 Å². The molecule has 1 saturated heterocycles. The first kappa shape index (κ1) is 21.5. The van der Waals surface area contributed by atoms with Crippen molar-refractivity contribution < 1.29 is 46.6 Å². The maximum Gasteiger partial charge on any atom is 0.487 e. The molecule has 14 heteroatoms. The van der Waals surface area contributed by atoms with E-state index in [9.17, 15) is 18.9 Å². The lowest BCUT2D eigenvalue weighted by Crippen LogP contribution is -2.22. The number of phosphoric acid groups is 2. The third kappa shape index (κ3) is 7.10. The van der Waals surface area contributed by atoms with Gasteiger partial charge in [0, 0.05) is 6.00 Å². The van der Waals surface area contributed by atoms with Gasteiger partial charge >= 0.3 is 15.6 Å². The zero-order chi connectivity index (χ0) is 18.1. The van der Waals surface area contributed by atoms with E-state index in [0.717, 1.165) is 0 Å². The van der Waals surface area contributed by atoms with E-state index in [-0.39, 0.29) is 24.4 Å². The van der Waals surface area contributed by atoms with Gasteiger partial charge in [-0.25, -0.2) is 13.4 Å². The van der Waals surface area contributed by atoms with Gasteiger partial charge in [0.15, 0.2) is 0 Å². The summed E-state index contributed by atoms with van der Waals surface area (Å²) in [4.78, 5) is 36.0. The molecule has 1 aliphatic heterocycles. The largest absolute Gasteiger partial charge is 0.487 e. The highest BCUT2D eigenvalue weighted by atomic mass is 31.3. The van der Waals surface area contributed by atoms with Gasteiger partial charge in [0.1, 0.15) is 7.28 Å². The molecule has 0 aliphatic carbocycles. The molecule has 0 aromatic rings. The lowest BCUT2D eigenvalue weighted by Gasteiger charge is -2.23. The number of hydrogen-bond donors (Lipinski definition) is 4. The summed E-state index contributed by atoms with van der Waals surface area (Å²) >= 11 is 0. The third-order valence-electron chi connectivity index (χ3n) is 3.48. The van der Waals surface area contributed by atoms with E-state index in [1.165, 1.54) is 0 Å². The molecular weight excluding hydrogens is 372 g/mol. The minimum Gasteiger partial charge on any atom is -0.381 e. The monoisotopic (exact) mass is 393 g/mol. The maximum absolute atomic E-state index is 11.4. The van der Waals surface area contributed by atoms with Gasteiger partial charge in [-0.1, -0.05) is 20.7 Å². The van der Waals surface area contributed by atoms with E-state index in [2.05, 4.69) is 14.9 Å². The molecule has 135 valence electrons. The highest BCUT2D eigenvalue weighted by molar-refractivity contribution is 7.70. The smallest absolute Gasteiger partial charge is 0.381 e. The Hall–Kier alpha value is 0.505. The van der Waals surface area contributed by atoms with Crippen LogP contribution in [0.15, 0.2) is 0 Å². The van der Waals surface area contributed by atoms with Crippen molar-refractivity contribution >= 4 is 36.8 Å². The average Bonchev–Trinajstić information content (AvgIpc) is 2.59. The van der Waals surface area contributed by atoms with Crippen molar-refractivity contribution in [2.45, 2.75) is 32.8 Å². The Kier molecular flexibility index (Phi) is 7.32. The van der Waals surface area contributed by atoms with Crippen LogP contribution < -0.4 is 0 Å². The highest BCUT2D eigenvalue weighted by Gasteiger charge is 2.40. The van der Waals surface area contributed by atoms with E-state index in [4.69, 9.17) is 19.0 Å². The molecule has 0 spiro atoms. The Balaban J connectivity index is 2.61. The normalized spacial score (nSPS) is 33.9. The molecule has 6 unspecified atom stereocenters. The first-order chi connectivity index (χ1) is 10.3. The minimum atomic E-state index is -5.29. The van der Waals surface area contributed by atoms with Gasteiger partial charge in [-0.3, -0.25) is 0 Å². The van der Waals surface area contributed by atoms with E-state index in [1.54, 1.807) is 0 Å². The third-order valence-corrected chi connectivity index (χ3v) is 7.55. The fourth-order valence-corrected chi connectivity index (χ4v) is 5.51. The quantitative estimate of drug-likeness (QED) is 0.349. The van der Waals surface area contributed by atoms with Gasteiger partial charge < -0.3 is 28.8 Å². The van der Waals surface area contributed by atoms with Crippen LogP contribution in [0.3, 0.4) is 0 Å². The molecule has 1 aliphatic rings. The predicted octanol–water partition coefficient (Wildman–Crippen LogP) is 1.17. The lowest BCUT2D eigenvalue weighted by molar-refractivity contribution is 0.0309. The Morgan fingerprint density at radius 3 is 2.13 bits per heavy atom. The van der Waals surface area contributed by atoms with Gasteiger partial charge in [-0.2, -0.15) is 4.31 Å². The molecule has 0 amide bonds. The second-order valence-corrected chi connectivity index (χ2v) is 10.0. The van der Waals surface area contributed by atoms with Crippen LogP contribution in [0.5, 0.6) is 0 Å². The first-order valence-electron chi connectivity index (χ1n) is 6.63. The second kappa shape index (κ2) is 7.81. The van der Waals surface area contributed by atoms with Crippen molar-refractivity contribution in [2.24, 2.45) is 11.8 Å². The lowest BCUT2D eigenvalue weighted by atomic mass is 9.67. The summed E-state index contributed by atoms with van der Waals surface area (Å²) in [5.41, 5.74) is 0. The first-order valence-corrected chi connectivity index (χ1v) is 11.4. The summed E-state index contributed by atoms with van der Waals surface area (Å²) in [6.07, 6.45) is 2.72. The fourth-order valence-electron chi connectivity index (χ4n) is 2.18. The number of hydrogen-bond acceptors (Lipinski definition) is 7. The van der Waals surface area contributed by atoms with Gasteiger partial charge in [0.25, 0.3) is 7.57 Å². The molecule has 4 N–H and O–H groups in total. The zero-order valence-electron chi connectivity index (χ0n) is 12.9. The SMILES string of the molecule is C=P(O)(OCC1OC([B]C)C(C)C1C)OP(=O)(O)OP(=O)(O)O. The molecule has 10 nitrogen and oxygen atoms in total. The molecule has 0 bridgehead atoms. The van der Waals surface area contributed by atoms with Crippen LogP contribution in [0.25, 0.3) is 0 Å². The van der Waals surface area contributed by atoms with Gasteiger partial charge in [0.05, 0.1) is 12.7 Å². The van der Waals surface area contributed by atoms with Crippen LogP contribution in [-0.4, -0.2) is 51.9 Å². The molecule has 0 aromatic carbocycles. The number of rotatable bonds is 8. The molecule has 1 radical (unpaired) electrons. The van der Waals surface area contributed by atoms with E-state index in [0.29, 0.717) is 0 Å². The summed E-state index contributed by atoms with van der Waals surface area (Å²) < 4.78 is 40.5.